The normalized spacial score (nSPS) is 19.9. The van der Waals surface area contributed by atoms with Gasteiger partial charge in [0.15, 0.2) is 5.15 Å². The maximum atomic E-state index is 5.67. The minimum absolute atomic E-state index is 0.272. The van der Waals surface area contributed by atoms with Gasteiger partial charge >= 0.3 is 0 Å². The van der Waals surface area contributed by atoms with Crippen LogP contribution in [0, 0.1) is 0 Å². The highest BCUT2D eigenvalue weighted by Crippen LogP contribution is 2.16. The molecule has 0 bridgehead atoms. The molecule has 14 heavy (non-hydrogen) atoms. The van der Waals surface area contributed by atoms with E-state index in [0.29, 0.717) is 11.2 Å². The van der Waals surface area contributed by atoms with Gasteiger partial charge in [-0.25, -0.2) is 0 Å². The van der Waals surface area contributed by atoms with Gasteiger partial charge < -0.3 is 14.6 Å². The molecule has 2 rings (SSSR count). The SMILES string of the molecule is CN1CCC(Oc2nc(Cl)c[nH]2)CC1. The number of nitrogens with zero attached hydrogens (tertiary/aromatic N) is 2. The zero-order valence-electron chi connectivity index (χ0n) is 8.16. The lowest BCUT2D eigenvalue weighted by molar-refractivity contribution is 0.106. The summed E-state index contributed by atoms with van der Waals surface area (Å²) in [5, 5.41) is 0.452. The smallest absolute Gasteiger partial charge is 0.295 e. The average molecular weight is 216 g/mol. The number of H-pyrrole nitrogens is 1. The number of hydrogen-bond acceptors (Lipinski definition) is 3. The number of likely N-dealkylation sites (tertiary alicyclic amines) is 1. The van der Waals surface area contributed by atoms with Crippen molar-refractivity contribution >= 4 is 11.6 Å². The largest absolute Gasteiger partial charge is 0.461 e. The molecule has 0 unspecified atom stereocenters. The van der Waals surface area contributed by atoms with Gasteiger partial charge in [-0.1, -0.05) is 11.6 Å². The Morgan fingerprint density at radius 3 is 2.86 bits per heavy atom. The summed E-state index contributed by atoms with van der Waals surface area (Å²) in [5.74, 6) is 0. The van der Waals surface area contributed by atoms with E-state index in [0.717, 1.165) is 25.9 Å². The number of imidazole rings is 1. The predicted octanol–water partition coefficient (Wildman–Crippen LogP) is 1.54. The molecular weight excluding hydrogens is 202 g/mol. The number of aromatic nitrogens is 2. The molecule has 1 aromatic rings. The van der Waals surface area contributed by atoms with Crippen molar-refractivity contribution in [1.82, 2.24) is 14.9 Å². The molecule has 0 atom stereocenters. The number of nitrogens with one attached hydrogen (secondary N) is 1. The van der Waals surface area contributed by atoms with Crippen molar-refractivity contribution in [3.63, 3.8) is 0 Å². The molecule has 1 N–H and O–H groups in total. The van der Waals surface area contributed by atoms with Crippen LogP contribution in [0.5, 0.6) is 6.01 Å². The highest BCUT2D eigenvalue weighted by molar-refractivity contribution is 6.29. The molecule has 0 radical (unpaired) electrons. The van der Waals surface area contributed by atoms with Crippen LogP contribution in [0.25, 0.3) is 0 Å². The van der Waals surface area contributed by atoms with E-state index in [1.807, 2.05) is 0 Å². The minimum Gasteiger partial charge on any atom is -0.461 e. The Labute approximate surface area is 88.2 Å². The van der Waals surface area contributed by atoms with E-state index in [1.165, 1.54) is 0 Å². The molecule has 0 aromatic carbocycles. The van der Waals surface area contributed by atoms with Gasteiger partial charge in [0.05, 0.1) is 0 Å². The Morgan fingerprint density at radius 2 is 2.29 bits per heavy atom. The summed E-state index contributed by atoms with van der Waals surface area (Å²) in [6, 6.07) is 0.532. The van der Waals surface area contributed by atoms with Crippen LogP contribution in [0.15, 0.2) is 6.20 Å². The first-order chi connectivity index (χ1) is 6.74. The standard InChI is InChI=1S/C9H14ClN3O/c1-13-4-2-7(3-5-13)14-9-11-6-8(10)12-9/h6-7H,2-5H2,1H3,(H,11,12). The number of aromatic amines is 1. The maximum absolute atomic E-state index is 5.67. The van der Waals surface area contributed by atoms with E-state index in [1.54, 1.807) is 6.20 Å². The highest BCUT2D eigenvalue weighted by atomic mass is 35.5. The lowest BCUT2D eigenvalue weighted by Gasteiger charge is -2.28. The molecule has 4 nitrogen and oxygen atoms in total. The number of piperidine rings is 1. The fourth-order valence-electron chi connectivity index (χ4n) is 1.60. The molecule has 1 aliphatic rings. The Bertz CT molecular complexity index is 294. The molecular formula is C9H14ClN3O. The fourth-order valence-corrected chi connectivity index (χ4v) is 1.74. The van der Waals surface area contributed by atoms with Crippen molar-refractivity contribution in [1.29, 1.82) is 0 Å². The first-order valence-electron chi connectivity index (χ1n) is 4.80. The van der Waals surface area contributed by atoms with E-state index in [-0.39, 0.29) is 6.10 Å². The Hall–Kier alpha value is -0.740. The molecule has 1 fully saturated rings. The van der Waals surface area contributed by atoms with Crippen molar-refractivity contribution in [2.75, 3.05) is 20.1 Å². The van der Waals surface area contributed by atoms with E-state index < -0.39 is 0 Å². The summed E-state index contributed by atoms with van der Waals surface area (Å²) < 4.78 is 5.65. The van der Waals surface area contributed by atoms with Crippen molar-refractivity contribution < 1.29 is 4.74 Å². The van der Waals surface area contributed by atoms with Crippen LogP contribution in [-0.2, 0) is 0 Å². The Morgan fingerprint density at radius 1 is 1.57 bits per heavy atom. The van der Waals surface area contributed by atoms with Gasteiger partial charge in [0.25, 0.3) is 6.01 Å². The van der Waals surface area contributed by atoms with E-state index in [2.05, 4.69) is 21.9 Å². The van der Waals surface area contributed by atoms with Crippen LogP contribution in [0.2, 0.25) is 5.15 Å². The van der Waals surface area contributed by atoms with Crippen molar-refractivity contribution in [3.05, 3.63) is 11.3 Å². The van der Waals surface area contributed by atoms with E-state index in [4.69, 9.17) is 16.3 Å². The predicted molar refractivity (Wildman–Crippen MR) is 54.7 cm³/mol. The first-order valence-corrected chi connectivity index (χ1v) is 5.18. The maximum Gasteiger partial charge on any atom is 0.295 e. The van der Waals surface area contributed by atoms with Gasteiger partial charge in [-0.05, 0) is 19.9 Å². The summed E-state index contributed by atoms with van der Waals surface area (Å²) >= 11 is 5.67. The molecule has 2 heterocycles. The average Bonchev–Trinajstić information content (AvgIpc) is 2.56. The summed E-state index contributed by atoms with van der Waals surface area (Å²) in [4.78, 5) is 9.18. The fraction of sp³-hybridized carbons (Fsp3) is 0.667. The van der Waals surface area contributed by atoms with Crippen LogP contribution < -0.4 is 4.74 Å². The van der Waals surface area contributed by atoms with Crippen LogP contribution in [0.4, 0.5) is 0 Å². The number of ether oxygens (including phenoxy) is 1. The monoisotopic (exact) mass is 215 g/mol. The number of rotatable bonds is 2. The molecule has 0 amide bonds. The molecule has 1 aromatic heterocycles. The molecule has 5 heteroatoms. The minimum atomic E-state index is 0.272. The van der Waals surface area contributed by atoms with Crippen molar-refractivity contribution in [2.45, 2.75) is 18.9 Å². The van der Waals surface area contributed by atoms with Gasteiger partial charge in [0.1, 0.15) is 6.10 Å². The molecule has 78 valence electrons. The van der Waals surface area contributed by atoms with Gasteiger partial charge in [-0.2, -0.15) is 4.98 Å². The van der Waals surface area contributed by atoms with Crippen LogP contribution >= 0.6 is 11.6 Å². The lowest BCUT2D eigenvalue weighted by Crippen LogP contribution is -2.35. The van der Waals surface area contributed by atoms with Gasteiger partial charge in [-0.15, -0.1) is 0 Å². The second-order valence-electron chi connectivity index (χ2n) is 3.65. The quantitative estimate of drug-likeness (QED) is 0.814. The zero-order chi connectivity index (χ0) is 9.97. The second-order valence-corrected chi connectivity index (χ2v) is 4.04. The highest BCUT2D eigenvalue weighted by Gasteiger charge is 2.18. The third-order valence-corrected chi connectivity index (χ3v) is 2.66. The lowest BCUT2D eigenvalue weighted by atomic mass is 10.1. The summed E-state index contributed by atoms with van der Waals surface area (Å²) in [7, 11) is 2.12. The zero-order valence-corrected chi connectivity index (χ0v) is 8.92. The number of halogens is 1. The summed E-state index contributed by atoms with van der Waals surface area (Å²) in [5.41, 5.74) is 0. The second kappa shape index (κ2) is 4.19. The van der Waals surface area contributed by atoms with Crippen LogP contribution in [0.3, 0.4) is 0 Å². The summed E-state index contributed by atoms with van der Waals surface area (Å²) in [6.07, 6.45) is 4.00. The van der Waals surface area contributed by atoms with Gasteiger partial charge in [0, 0.05) is 19.3 Å². The molecule has 1 saturated heterocycles. The summed E-state index contributed by atoms with van der Waals surface area (Å²) in [6.45, 7) is 2.16. The first kappa shape index (κ1) is 9.80. The van der Waals surface area contributed by atoms with Gasteiger partial charge in [0.2, 0.25) is 0 Å². The molecule has 0 aliphatic carbocycles. The third-order valence-electron chi connectivity index (χ3n) is 2.47. The van der Waals surface area contributed by atoms with Crippen molar-refractivity contribution in [2.24, 2.45) is 0 Å². The Kier molecular flexibility index (Phi) is 2.93. The van der Waals surface area contributed by atoms with Crippen molar-refractivity contribution in [3.8, 4) is 6.01 Å². The number of hydrogen-bond donors (Lipinski definition) is 1. The van der Waals surface area contributed by atoms with E-state index in [9.17, 15) is 0 Å². The molecule has 1 aliphatic heterocycles. The van der Waals surface area contributed by atoms with Gasteiger partial charge in [-0.3, -0.25) is 0 Å². The van der Waals surface area contributed by atoms with E-state index >= 15 is 0 Å². The van der Waals surface area contributed by atoms with Crippen LogP contribution in [-0.4, -0.2) is 41.1 Å². The molecule has 0 saturated carbocycles. The molecule has 0 spiro atoms. The Balaban J connectivity index is 1.86. The topological polar surface area (TPSA) is 41.1 Å². The third kappa shape index (κ3) is 2.39. The van der Waals surface area contributed by atoms with Crippen LogP contribution in [0.1, 0.15) is 12.8 Å².